The minimum atomic E-state index is -5.14. The number of carbonyl (C=O) groups excluding carboxylic acids is 8. The molecule has 2 aliphatic rings. The standard InChI is InChI=1S/C36H48F3N7O7.C14H8O2/c1-3-23(2)30(45-31(48)26(40)20-24-12-6-4-7-13-24)33(50)42-22-29(47)44-27(21-25-14-8-5-9-15-25)34(51)46-19-10-16-28(46)32(49)41-17-11-18-43-53-35(52)36(37,38)39;15-13-9-5-1-2-6-10(9)14(16)12-8-4-3-7-11(12)13/h4-9,12-15,23,26-28,30,43H,3,10-11,16-22,40H2,1-2H3,(H,41,49)(H,42,50)(H,44,47)(H,45,48);1-8H/t23?,26-,27-,28-,30-;/m0./s1. The Labute approximate surface area is 397 Å². The van der Waals surface area contributed by atoms with Gasteiger partial charge in [0.25, 0.3) is 0 Å². The summed E-state index contributed by atoms with van der Waals surface area (Å²) in [5.74, 6) is -5.57. The van der Waals surface area contributed by atoms with Crippen molar-refractivity contribution in [3.05, 3.63) is 143 Å². The number of nitrogens with zero attached hydrogens (tertiary/aromatic N) is 1. The molecule has 4 aromatic carbocycles. The normalized spacial score (nSPS) is 15.7. The quantitative estimate of drug-likeness (QED) is 0.0518. The Balaban J connectivity index is 0.000000460. The van der Waals surface area contributed by atoms with Gasteiger partial charge < -0.3 is 36.7 Å². The molecule has 69 heavy (non-hydrogen) atoms. The number of halogens is 3. The number of hydrogen-bond donors (Lipinski definition) is 6. The average Bonchev–Trinajstić information content (AvgIpc) is 3.85. The number of alkyl halides is 3. The lowest BCUT2D eigenvalue weighted by molar-refractivity contribution is -0.206. The highest BCUT2D eigenvalue weighted by Gasteiger charge is 2.42. The van der Waals surface area contributed by atoms with E-state index >= 15 is 0 Å². The van der Waals surface area contributed by atoms with Gasteiger partial charge in [-0.15, -0.1) is 0 Å². The van der Waals surface area contributed by atoms with Crippen molar-refractivity contribution in [3.8, 4) is 0 Å². The molecule has 0 spiro atoms. The van der Waals surface area contributed by atoms with Crippen LogP contribution in [0.3, 0.4) is 0 Å². The highest BCUT2D eigenvalue weighted by Crippen LogP contribution is 2.27. The van der Waals surface area contributed by atoms with Gasteiger partial charge in [-0.2, -0.15) is 18.7 Å². The minimum Gasteiger partial charge on any atom is -0.364 e. The molecule has 19 heteroatoms. The summed E-state index contributed by atoms with van der Waals surface area (Å²) in [4.78, 5) is 107. The number of fused-ring (bicyclic) bond motifs is 2. The second-order valence-corrected chi connectivity index (χ2v) is 16.6. The Bertz CT molecular complexity index is 2350. The minimum absolute atomic E-state index is 0.0227. The highest BCUT2D eigenvalue weighted by atomic mass is 19.4. The van der Waals surface area contributed by atoms with Crippen molar-refractivity contribution in [2.24, 2.45) is 11.7 Å². The summed E-state index contributed by atoms with van der Waals surface area (Å²) in [5.41, 5.74) is 11.6. The topological polar surface area (TPSA) is 235 Å². The molecule has 1 saturated heterocycles. The molecule has 6 rings (SSSR count). The zero-order valence-corrected chi connectivity index (χ0v) is 38.2. The van der Waals surface area contributed by atoms with Gasteiger partial charge in [-0.25, -0.2) is 4.79 Å². The molecule has 5 atom stereocenters. The number of amides is 5. The third kappa shape index (κ3) is 14.9. The van der Waals surface area contributed by atoms with Gasteiger partial charge in [0.05, 0.1) is 12.6 Å². The lowest BCUT2D eigenvalue weighted by atomic mass is 9.84. The van der Waals surface area contributed by atoms with Crippen molar-refractivity contribution < 1.29 is 56.4 Å². The fourth-order valence-electron chi connectivity index (χ4n) is 7.71. The molecule has 1 heterocycles. The number of carbonyl (C=O) groups is 8. The second-order valence-electron chi connectivity index (χ2n) is 16.6. The first kappa shape index (κ1) is 52.7. The number of benzene rings is 4. The van der Waals surface area contributed by atoms with Gasteiger partial charge in [-0.3, -0.25) is 33.6 Å². The van der Waals surface area contributed by atoms with E-state index in [1.54, 1.807) is 85.8 Å². The van der Waals surface area contributed by atoms with Gasteiger partial charge in [-0.05, 0) is 42.7 Å². The molecule has 0 aromatic heterocycles. The Morgan fingerprint density at radius 3 is 1.77 bits per heavy atom. The first-order valence-corrected chi connectivity index (χ1v) is 22.6. The lowest BCUT2D eigenvalue weighted by Crippen LogP contribution is -2.57. The molecule has 0 saturated carbocycles. The summed E-state index contributed by atoms with van der Waals surface area (Å²) < 4.78 is 36.7. The van der Waals surface area contributed by atoms with E-state index in [2.05, 4.69) is 26.1 Å². The second kappa shape index (κ2) is 25.2. The largest absolute Gasteiger partial charge is 0.492 e. The predicted octanol–water partition coefficient (Wildman–Crippen LogP) is 3.50. The van der Waals surface area contributed by atoms with E-state index in [4.69, 9.17) is 5.73 Å². The molecule has 1 fully saturated rings. The third-order valence-corrected chi connectivity index (χ3v) is 11.6. The van der Waals surface area contributed by atoms with Crippen LogP contribution in [0.25, 0.3) is 0 Å². The van der Waals surface area contributed by atoms with E-state index in [9.17, 15) is 51.5 Å². The Morgan fingerprint density at radius 1 is 0.725 bits per heavy atom. The molecule has 7 N–H and O–H groups in total. The Kier molecular flexibility index (Phi) is 19.3. The van der Waals surface area contributed by atoms with Crippen molar-refractivity contribution in [1.29, 1.82) is 0 Å². The van der Waals surface area contributed by atoms with Crippen LogP contribution in [0.4, 0.5) is 13.2 Å². The molecule has 5 amide bonds. The maximum atomic E-state index is 13.9. The molecule has 4 aromatic rings. The SMILES string of the molecule is CCC(C)[C@H](NC(=O)[C@@H](N)Cc1ccccc1)C(=O)NCC(=O)N[C@@H](Cc1ccccc1)C(=O)N1CCC[C@H]1C(=O)NCCCNOC(=O)C(F)(F)F.O=C1c2ccccc2C(=O)c2ccccc21. The van der Waals surface area contributed by atoms with Crippen LogP contribution in [-0.4, -0.2) is 108 Å². The van der Waals surface area contributed by atoms with Crippen molar-refractivity contribution in [3.63, 3.8) is 0 Å². The summed E-state index contributed by atoms with van der Waals surface area (Å²) in [6.07, 6.45) is -3.25. The van der Waals surface area contributed by atoms with Crippen molar-refractivity contribution in [2.75, 3.05) is 26.2 Å². The summed E-state index contributed by atoms with van der Waals surface area (Å²) in [6, 6.07) is 28.2. The Morgan fingerprint density at radius 2 is 1.25 bits per heavy atom. The fraction of sp³-hybridized carbons (Fsp3) is 0.360. The zero-order chi connectivity index (χ0) is 50.1. The molecule has 1 unspecified atom stereocenters. The van der Waals surface area contributed by atoms with Crippen LogP contribution in [0.1, 0.15) is 82.5 Å². The average molecular weight is 956 g/mol. The number of nitrogens with two attached hydrogens (primary N) is 1. The van der Waals surface area contributed by atoms with Gasteiger partial charge >= 0.3 is 12.1 Å². The number of hydroxylamine groups is 1. The first-order chi connectivity index (χ1) is 33.0. The number of ketones is 2. The molecule has 16 nitrogen and oxygen atoms in total. The summed E-state index contributed by atoms with van der Waals surface area (Å²) in [6.45, 7) is 3.26. The molecule has 1 aliphatic heterocycles. The molecule has 0 bridgehead atoms. The van der Waals surface area contributed by atoms with Gasteiger partial charge in [-0.1, -0.05) is 129 Å². The summed E-state index contributed by atoms with van der Waals surface area (Å²) >= 11 is 0. The van der Waals surface area contributed by atoms with Crippen LogP contribution in [0.5, 0.6) is 0 Å². The van der Waals surface area contributed by atoms with Crippen LogP contribution in [0.15, 0.2) is 109 Å². The van der Waals surface area contributed by atoms with Gasteiger partial charge in [0.2, 0.25) is 29.5 Å². The summed E-state index contributed by atoms with van der Waals surface area (Å²) in [5, 5.41) is 10.6. The lowest BCUT2D eigenvalue weighted by Gasteiger charge is -2.29. The van der Waals surface area contributed by atoms with E-state index in [-0.39, 0.29) is 56.4 Å². The third-order valence-electron chi connectivity index (χ3n) is 11.6. The van der Waals surface area contributed by atoms with E-state index in [0.717, 1.165) is 11.1 Å². The van der Waals surface area contributed by atoms with Gasteiger partial charge in [0, 0.05) is 48.3 Å². The van der Waals surface area contributed by atoms with E-state index in [0.29, 0.717) is 41.5 Å². The van der Waals surface area contributed by atoms with Crippen LogP contribution >= 0.6 is 0 Å². The number of hydrogen-bond acceptors (Lipinski definition) is 11. The molecule has 366 valence electrons. The fourth-order valence-corrected chi connectivity index (χ4v) is 7.71. The van der Waals surface area contributed by atoms with Crippen LogP contribution in [0, 0.1) is 5.92 Å². The molecule has 0 radical (unpaired) electrons. The van der Waals surface area contributed by atoms with E-state index in [1.807, 2.05) is 42.7 Å². The smallest absolute Gasteiger partial charge is 0.364 e. The van der Waals surface area contributed by atoms with Crippen LogP contribution in [0.2, 0.25) is 0 Å². The van der Waals surface area contributed by atoms with E-state index in [1.165, 1.54) is 4.90 Å². The zero-order valence-electron chi connectivity index (χ0n) is 38.2. The van der Waals surface area contributed by atoms with Gasteiger partial charge in [0.1, 0.15) is 18.1 Å². The first-order valence-electron chi connectivity index (χ1n) is 22.6. The summed E-state index contributed by atoms with van der Waals surface area (Å²) in [7, 11) is 0. The van der Waals surface area contributed by atoms with Crippen molar-refractivity contribution >= 4 is 47.1 Å². The number of rotatable bonds is 19. The predicted molar refractivity (Wildman–Crippen MR) is 247 cm³/mol. The van der Waals surface area contributed by atoms with Crippen LogP contribution < -0.4 is 32.5 Å². The van der Waals surface area contributed by atoms with Crippen LogP contribution in [-0.2, 0) is 46.4 Å². The Hall–Kier alpha value is -7.25. The number of nitrogens with one attached hydrogen (secondary N) is 5. The highest BCUT2D eigenvalue weighted by molar-refractivity contribution is 6.28. The molecule has 1 aliphatic carbocycles. The van der Waals surface area contributed by atoms with Crippen molar-refractivity contribution in [1.82, 2.24) is 31.6 Å². The van der Waals surface area contributed by atoms with Crippen molar-refractivity contribution in [2.45, 2.75) is 82.7 Å². The maximum absolute atomic E-state index is 13.9. The number of likely N-dealkylation sites (tertiary alicyclic amines) is 1. The molecular weight excluding hydrogens is 900 g/mol. The monoisotopic (exact) mass is 955 g/mol. The maximum Gasteiger partial charge on any atom is 0.492 e. The van der Waals surface area contributed by atoms with E-state index < -0.39 is 72.4 Å². The van der Waals surface area contributed by atoms with Gasteiger partial charge in [0.15, 0.2) is 11.6 Å². The molecular formula is C50H56F3N7O9.